The summed E-state index contributed by atoms with van der Waals surface area (Å²) in [5.74, 6) is -2.30. The number of aromatic nitrogens is 3. The largest absolute Gasteiger partial charge is 0.744 e. The molecule has 0 saturated carbocycles. The zero-order valence-corrected chi connectivity index (χ0v) is 18.5. The molecule has 3 aromatic heterocycles. The fourth-order valence-corrected chi connectivity index (χ4v) is 4.69. The van der Waals surface area contributed by atoms with Gasteiger partial charge in [0.05, 0.1) is 17.0 Å². The van der Waals surface area contributed by atoms with E-state index in [1.807, 2.05) is 0 Å². The number of rotatable bonds is 8. The van der Waals surface area contributed by atoms with Gasteiger partial charge in [0.2, 0.25) is 10.0 Å². The molecule has 0 spiro atoms. The third-order valence-electron chi connectivity index (χ3n) is 5.22. The first-order valence-electron chi connectivity index (χ1n) is 10.2. The zero-order valence-electron chi connectivity index (χ0n) is 17.7. The molecule has 0 saturated heterocycles. The first-order chi connectivity index (χ1) is 15.8. The van der Waals surface area contributed by atoms with Gasteiger partial charge >= 0.3 is 0 Å². The molecule has 0 atom stereocenters. The molecule has 0 radical (unpaired) electrons. The molecule has 3 heterocycles. The van der Waals surface area contributed by atoms with E-state index in [1.54, 1.807) is 43.7 Å². The molecule has 0 aliphatic heterocycles. The van der Waals surface area contributed by atoms with E-state index in [1.165, 1.54) is 18.3 Å². The number of carbonyl (C=O) groups is 1. The predicted molar refractivity (Wildman–Crippen MR) is 124 cm³/mol. The van der Waals surface area contributed by atoms with Crippen LogP contribution in [0.2, 0.25) is 0 Å². The molecule has 1 N–H and O–H groups in total. The average Bonchev–Trinajstić information content (AvgIpc) is 3.26. The molecular weight excluding hydrogens is 447 g/mol. The Morgan fingerprint density at radius 2 is 1.91 bits per heavy atom. The van der Waals surface area contributed by atoms with Gasteiger partial charge in [-0.05, 0) is 42.3 Å². The fourth-order valence-electron chi connectivity index (χ4n) is 3.43. The van der Waals surface area contributed by atoms with E-state index in [0.717, 1.165) is 17.2 Å². The summed E-state index contributed by atoms with van der Waals surface area (Å²) in [6.07, 6.45) is 7.14. The number of unbranched alkanes of at least 4 members (excludes halogenated alkanes) is 1. The highest BCUT2D eigenvalue weighted by molar-refractivity contribution is 7.92. The van der Waals surface area contributed by atoms with Gasteiger partial charge in [0, 0.05) is 41.3 Å². The summed E-state index contributed by atoms with van der Waals surface area (Å²) in [5, 5.41) is 12.9. The van der Waals surface area contributed by atoms with Gasteiger partial charge < -0.3 is 14.7 Å². The third kappa shape index (κ3) is 4.35. The molecule has 0 unspecified atom stereocenters. The number of hydrogen-bond acceptors (Lipinski definition) is 6. The maximum Gasteiger partial charge on any atom is 0.225 e. The molecule has 4 aromatic rings. The number of sulfonamides is 1. The number of aromatic amines is 1. The van der Waals surface area contributed by atoms with Crippen molar-refractivity contribution >= 4 is 32.5 Å². The number of carbonyl (C=O) groups excluding carboxylic acids is 1. The molecule has 0 fully saturated rings. The van der Waals surface area contributed by atoms with E-state index in [4.69, 9.17) is 0 Å². The average molecular weight is 468 g/mol. The molecule has 0 aliphatic carbocycles. The van der Waals surface area contributed by atoms with Crippen molar-refractivity contribution < 1.29 is 17.6 Å². The summed E-state index contributed by atoms with van der Waals surface area (Å²) in [6.45, 7) is 1.78. The number of ketones is 1. The van der Waals surface area contributed by atoms with Gasteiger partial charge in [0.15, 0.2) is 11.6 Å². The van der Waals surface area contributed by atoms with Gasteiger partial charge in [-0.3, -0.25) is 9.78 Å². The molecule has 1 aromatic carbocycles. The predicted octanol–water partition coefficient (Wildman–Crippen LogP) is 4.43. The van der Waals surface area contributed by atoms with Crippen LogP contribution in [0.4, 0.5) is 10.1 Å². The van der Waals surface area contributed by atoms with Crippen molar-refractivity contribution in [2.75, 3.05) is 10.2 Å². The van der Waals surface area contributed by atoms with Gasteiger partial charge in [-0.2, -0.15) is 0 Å². The first-order valence-corrected chi connectivity index (χ1v) is 11.8. The van der Waals surface area contributed by atoms with Crippen LogP contribution in [0.15, 0.2) is 61.2 Å². The maximum atomic E-state index is 15.2. The normalized spacial score (nSPS) is 11.6. The van der Waals surface area contributed by atoms with Crippen LogP contribution in [0.25, 0.3) is 22.2 Å². The zero-order chi connectivity index (χ0) is 23.6. The summed E-state index contributed by atoms with van der Waals surface area (Å²) in [6, 6.07) is 8.87. The Morgan fingerprint density at radius 1 is 1.15 bits per heavy atom. The molecule has 170 valence electrons. The highest BCUT2D eigenvalue weighted by atomic mass is 32.2. The Labute approximate surface area is 189 Å². The molecule has 8 nitrogen and oxygen atoms in total. The lowest BCUT2D eigenvalue weighted by atomic mass is 10.0. The third-order valence-corrected chi connectivity index (χ3v) is 6.72. The molecule has 4 rings (SSSR count). The van der Waals surface area contributed by atoms with Crippen molar-refractivity contribution in [3.8, 4) is 11.1 Å². The lowest BCUT2D eigenvalue weighted by Crippen LogP contribution is -2.28. The number of pyridine rings is 2. The quantitative estimate of drug-likeness (QED) is 0.302. The van der Waals surface area contributed by atoms with Crippen LogP contribution in [0.5, 0.6) is 0 Å². The fraction of sp³-hybridized carbons (Fsp3) is 0.174. The minimum absolute atomic E-state index is 0.149. The number of benzene rings is 1. The Hall–Kier alpha value is -3.63. The Morgan fingerprint density at radius 3 is 2.64 bits per heavy atom. The Balaban J connectivity index is 1.74. The van der Waals surface area contributed by atoms with E-state index >= 15 is 4.39 Å². The molecule has 0 aliphatic rings. The van der Waals surface area contributed by atoms with Crippen molar-refractivity contribution in [1.29, 1.82) is 0 Å². The summed E-state index contributed by atoms with van der Waals surface area (Å²) >= 11 is 0. The van der Waals surface area contributed by atoms with E-state index in [9.17, 15) is 18.4 Å². The summed E-state index contributed by atoms with van der Waals surface area (Å²) in [7, 11) is -4.26. The van der Waals surface area contributed by atoms with Gasteiger partial charge in [-0.25, -0.2) is 17.8 Å². The van der Waals surface area contributed by atoms with Gasteiger partial charge in [0.25, 0.3) is 0 Å². The second-order valence-corrected chi connectivity index (χ2v) is 9.33. The van der Waals surface area contributed by atoms with Crippen molar-refractivity contribution in [2.24, 2.45) is 0 Å². The Kier molecular flexibility index (Phi) is 6.21. The smallest absolute Gasteiger partial charge is 0.225 e. The van der Waals surface area contributed by atoms with Gasteiger partial charge in [0.1, 0.15) is 5.65 Å². The SMILES string of the molecule is CCCCS(=O)(=O)N([O-])c1cccc(C(=O)c2c[nH]c3ncc(-c4ccncc4)cc23)c1F. The van der Waals surface area contributed by atoms with E-state index in [0.29, 0.717) is 17.5 Å². The number of fused-ring (bicyclic) bond motifs is 1. The number of hydrogen-bond donors (Lipinski definition) is 1. The van der Waals surface area contributed by atoms with Crippen LogP contribution in [0.3, 0.4) is 0 Å². The second-order valence-electron chi connectivity index (χ2n) is 7.42. The minimum atomic E-state index is -4.26. The summed E-state index contributed by atoms with van der Waals surface area (Å²) < 4.78 is 39.3. The van der Waals surface area contributed by atoms with Crippen molar-refractivity contribution in [3.63, 3.8) is 0 Å². The summed E-state index contributed by atoms with van der Waals surface area (Å²) in [4.78, 5) is 24.4. The second kappa shape index (κ2) is 9.08. The van der Waals surface area contributed by atoms with Gasteiger partial charge in [-0.1, -0.05) is 19.4 Å². The monoisotopic (exact) mass is 467 g/mol. The first kappa shape index (κ1) is 22.6. The number of halogens is 1. The number of nitrogens with zero attached hydrogens (tertiary/aromatic N) is 3. The molecule has 10 heteroatoms. The standard InChI is InChI=1S/C23H20FN4O4S/c1-2-3-11-33(31,32)28(30)20-6-4-5-17(21(20)24)22(29)19-14-27-23-18(19)12-16(13-26-23)15-7-9-25-10-8-15/h4-10,12-14H,2-3,11H2,1H3,(H,26,27)/q-1. The highest BCUT2D eigenvalue weighted by Crippen LogP contribution is 2.29. The highest BCUT2D eigenvalue weighted by Gasteiger charge is 2.23. The van der Waals surface area contributed by atoms with Crippen molar-refractivity contribution in [2.45, 2.75) is 19.8 Å². The maximum absolute atomic E-state index is 15.2. The molecule has 0 amide bonds. The van der Waals surface area contributed by atoms with Crippen LogP contribution < -0.4 is 4.47 Å². The molecular formula is C23H20FN4O4S-. The lowest BCUT2D eigenvalue weighted by molar-refractivity contribution is 0.103. The lowest BCUT2D eigenvalue weighted by Gasteiger charge is -2.30. The topological polar surface area (TPSA) is 119 Å². The van der Waals surface area contributed by atoms with Crippen LogP contribution in [-0.4, -0.2) is 34.9 Å². The number of H-pyrrole nitrogens is 1. The number of nitrogens with one attached hydrogen (secondary N) is 1. The number of anilines is 1. The van der Waals surface area contributed by atoms with Crippen LogP contribution in [-0.2, 0) is 10.0 Å². The summed E-state index contributed by atoms with van der Waals surface area (Å²) in [5.41, 5.74) is 1.03. The molecule has 0 bridgehead atoms. The minimum Gasteiger partial charge on any atom is -0.744 e. The van der Waals surface area contributed by atoms with E-state index in [-0.39, 0.29) is 16.5 Å². The molecule has 33 heavy (non-hydrogen) atoms. The van der Waals surface area contributed by atoms with E-state index < -0.39 is 38.6 Å². The van der Waals surface area contributed by atoms with Gasteiger partial charge in [-0.15, -0.1) is 0 Å². The van der Waals surface area contributed by atoms with E-state index in [2.05, 4.69) is 15.0 Å². The van der Waals surface area contributed by atoms with Crippen LogP contribution in [0.1, 0.15) is 35.7 Å². The van der Waals surface area contributed by atoms with Crippen LogP contribution in [0, 0.1) is 11.0 Å². The Bertz CT molecular complexity index is 1420. The van der Waals surface area contributed by atoms with Crippen molar-refractivity contribution in [3.05, 3.63) is 83.3 Å². The van der Waals surface area contributed by atoms with Crippen molar-refractivity contribution in [1.82, 2.24) is 15.0 Å². The van der Waals surface area contributed by atoms with Crippen LogP contribution >= 0.6 is 0 Å².